The van der Waals surface area contributed by atoms with Crippen LogP contribution in [-0.2, 0) is 17.8 Å². The summed E-state index contributed by atoms with van der Waals surface area (Å²) < 4.78 is 5.05. The molecule has 5 heteroatoms. The Labute approximate surface area is 143 Å². The fourth-order valence-electron chi connectivity index (χ4n) is 3.32. The number of hydrogen-bond donors (Lipinski definition) is 0. The zero-order chi connectivity index (χ0) is 16.8. The molecule has 3 heterocycles. The van der Waals surface area contributed by atoms with Crippen molar-refractivity contribution in [2.45, 2.75) is 38.3 Å². The van der Waals surface area contributed by atoms with Crippen molar-refractivity contribution < 1.29 is 9.21 Å². The maximum atomic E-state index is 12.4. The van der Waals surface area contributed by atoms with Crippen molar-refractivity contribution in [1.29, 1.82) is 0 Å². The molecule has 3 rings (SSSR count). The largest absolute Gasteiger partial charge is 0.472 e. The number of carbonyl (C=O) groups is 1. The van der Waals surface area contributed by atoms with Gasteiger partial charge in [-0.05, 0) is 50.1 Å². The molecule has 0 spiro atoms. The molecule has 5 nitrogen and oxygen atoms in total. The smallest absolute Gasteiger partial charge is 0.227 e. The molecule has 0 radical (unpaired) electrons. The van der Waals surface area contributed by atoms with Crippen LogP contribution in [0.5, 0.6) is 0 Å². The van der Waals surface area contributed by atoms with E-state index in [2.05, 4.69) is 23.0 Å². The summed E-state index contributed by atoms with van der Waals surface area (Å²) in [6.07, 6.45) is 8.73. The van der Waals surface area contributed by atoms with Gasteiger partial charge in [0.1, 0.15) is 0 Å². The molecule has 0 aliphatic carbocycles. The lowest BCUT2D eigenvalue weighted by Crippen LogP contribution is -2.35. The van der Waals surface area contributed by atoms with Gasteiger partial charge >= 0.3 is 0 Å². The van der Waals surface area contributed by atoms with Gasteiger partial charge in [0.05, 0.1) is 24.6 Å². The van der Waals surface area contributed by atoms with Gasteiger partial charge in [-0.2, -0.15) is 0 Å². The van der Waals surface area contributed by atoms with Crippen LogP contribution < -0.4 is 0 Å². The van der Waals surface area contributed by atoms with Gasteiger partial charge in [-0.1, -0.05) is 6.07 Å². The lowest BCUT2D eigenvalue weighted by molar-refractivity contribution is -0.130. The van der Waals surface area contributed by atoms with Crippen molar-refractivity contribution in [2.75, 3.05) is 20.1 Å². The second-order valence-corrected chi connectivity index (χ2v) is 6.51. The van der Waals surface area contributed by atoms with Gasteiger partial charge in [-0.25, -0.2) is 0 Å². The highest BCUT2D eigenvalue weighted by molar-refractivity contribution is 5.78. The molecule has 0 N–H and O–H groups in total. The van der Waals surface area contributed by atoms with Crippen molar-refractivity contribution in [3.8, 4) is 0 Å². The van der Waals surface area contributed by atoms with Crippen molar-refractivity contribution in [2.24, 2.45) is 0 Å². The Hall–Kier alpha value is -2.14. The first kappa shape index (κ1) is 16.7. The van der Waals surface area contributed by atoms with Crippen LogP contribution in [0.15, 0.2) is 47.4 Å². The molecule has 2 aromatic rings. The maximum Gasteiger partial charge on any atom is 0.227 e. The van der Waals surface area contributed by atoms with Crippen LogP contribution in [0.4, 0.5) is 0 Å². The predicted molar refractivity (Wildman–Crippen MR) is 92.3 cm³/mol. The summed E-state index contributed by atoms with van der Waals surface area (Å²) in [5, 5.41) is 0. The number of hydrogen-bond acceptors (Lipinski definition) is 4. The standard InChI is InChI=1S/C19H25N3O2/c1-21(14-17-5-2-3-9-20-17)18-6-4-10-22(11-7-18)19(23)13-16-8-12-24-15-16/h2-3,5,8-9,12,15,18H,4,6-7,10-11,13-14H2,1H3. The summed E-state index contributed by atoms with van der Waals surface area (Å²) in [6, 6.07) is 8.39. The minimum atomic E-state index is 0.199. The molecule has 1 amide bonds. The van der Waals surface area contributed by atoms with E-state index >= 15 is 0 Å². The molecule has 2 aromatic heterocycles. The first-order valence-electron chi connectivity index (χ1n) is 8.61. The number of nitrogens with zero attached hydrogens (tertiary/aromatic N) is 3. The topological polar surface area (TPSA) is 49.6 Å². The number of pyridine rings is 1. The Morgan fingerprint density at radius 2 is 2.25 bits per heavy atom. The van der Waals surface area contributed by atoms with Gasteiger partial charge in [-0.15, -0.1) is 0 Å². The van der Waals surface area contributed by atoms with E-state index in [0.717, 1.165) is 50.2 Å². The quantitative estimate of drug-likeness (QED) is 0.847. The molecule has 1 aliphatic rings. The zero-order valence-electron chi connectivity index (χ0n) is 14.2. The lowest BCUT2D eigenvalue weighted by Gasteiger charge is -2.27. The third-order valence-electron chi connectivity index (χ3n) is 4.75. The second-order valence-electron chi connectivity index (χ2n) is 6.51. The molecule has 1 saturated heterocycles. The van der Waals surface area contributed by atoms with E-state index in [-0.39, 0.29) is 5.91 Å². The van der Waals surface area contributed by atoms with Crippen LogP contribution in [0.2, 0.25) is 0 Å². The summed E-state index contributed by atoms with van der Waals surface area (Å²) >= 11 is 0. The number of rotatable bonds is 5. The van der Waals surface area contributed by atoms with Gasteiger partial charge in [0.15, 0.2) is 0 Å². The minimum absolute atomic E-state index is 0.199. The molecule has 1 atom stereocenters. The number of aromatic nitrogens is 1. The van der Waals surface area contributed by atoms with Crippen LogP contribution in [0.3, 0.4) is 0 Å². The first-order valence-corrected chi connectivity index (χ1v) is 8.61. The molecular weight excluding hydrogens is 302 g/mol. The highest BCUT2D eigenvalue weighted by atomic mass is 16.3. The summed E-state index contributed by atoms with van der Waals surface area (Å²) in [5.41, 5.74) is 2.05. The van der Waals surface area contributed by atoms with Crippen LogP contribution >= 0.6 is 0 Å². The molecule has 0 bridgehead atoms. The monoisotopic (exact) mass is 327 g/mol. The zero-order valence-corrected chi connectivity index (χ0v) is 14.2. The number of likely N-dealkylation sites (tertiary alicyclic amines) is 1. The van der Waals surface area contributed by atoms with Gasteiger partial charge in [0.25, 0.3) is 0 Å². The average molecular weight is 327 g/mol. The van der Waals surface area contributed by atoms with E-state index in [1.165, 1.54) is 0 Å². The Bertz CT molecular complexity index is 627. The summed E-state index contributed by atoms with van der Waals surface area (Å²) in [4.78, 5) is 21.2. The molecule has 24 heavy (non-hydrogen) atoms. The number of amides is 1. The van der Waals surface area contributed by atoms with Crippen molar-refractivity contribution in [3.05, 3.63) is 54.2 Å². The van der Waals surface area contributed by atoms with Crippen LogP contribution in [0, 0.1) is 0 Å². The normalized spacial score (nSPS) is 18.6. The molecule has 1 unspecified atom stereocenters. The van der Waals surface area contributed by atoms with E-state index in [4.69, 9.17) is 4.42 Å². The fourth-order valence-corrected chi connectivity index (χ4v) is 3.32. The van der Waals surface area contributed by atoms with Gasteiger partial charge in [0.2, 0.25) is 5.91 Å². The molecule has 1 aliphatic heterocycles. The van der Waals surface area contributed by atoms with E-state index in [1.807, 2.05) is 29.3 Å². The molecule has 1 fully saturated rings. The molecule has 128 valence electrons. The third kappa shape index (κ3) is 4.45. The van der Waals surface area contributed by atoms with Crippen LogP contribution in [0.25, 0.3) is 0 Å². The van der Waals surface area contributed by atoms with Gasteiger partial charge < -0.3 is 9.32 Å². The van der Waals surface area contributed by atoms with Gasteiger partial charge in [-0.3, -0.25) is 14.7 Å². The lowest BCUT2D eigenvalue weighted by atomic mass is 10.1. The average Bonchev–Trinajstić information content (AvgIpc) is 2.96. The van der Waals surface area contributed by atoms with Crippen molar-refractivity contribution in [3.63, 3.8) is 0 Å². The first-order chi connectivity index (χ1) is 11.7. The van der Waals surface area contributed by atoms with E-state index < -0.39 is 0 Å². The van der Waals surface area contributed by atoms with Crippen molar-refractivity contribution >= 4 is 5.91 Å². The van der Waals surface area contributed by atoms with E-state index in [0.29, 0.717) is 12.5 Å². The Balaban J connectivity index is 1.51. The van der Waals surface area contributed by atoms with Crippen LogP contribution in [-0.4, -0.2) is 46.9 Å². The van der Waals surface area contributed by atoms with Crippen molar-refractivity contribution in [1.82, 2.24) is 14.8 Å². The Morgan fingerprint density at radius 3 is 3.00 bits per heavy atom. The number of furan rings is 1. The predicted octanol–water partition coefficient (Wildman–Crippen LogP) is 2.73. The van der Waals surface area contributed by atoms with E-state index in [1.54, 1.807) is 12.5 Å². The highest BCUT2D eigenvalue weighted by Gasteiger charge is 2.23. The highest BCUT2D eigenvalue weighted by Crippen LogP contribution is 2.18. The second kappa shape index (κ2) is 8.11. The van der Waals surface area contributed by atoms with Crippen LogP contribution in [0.1, 0.15) is 30.5 Å². The summed E-state index contributed by atoms with van der Waals surface area (Å²) in [5.74, 6) is 0.199. The Morgan fingerprint density at radius 1 is 1.33 bits per heavy atom. The molecule has 0 aromatic carbocycles. The SMILES string of the molecule is CN(Cc1ccccn1)C1CCCN(C(=O)Cc2ccoc2)CC1. The van der Waals surface area contributed by atoms with E-state index in [9.17, 15) is 4.79 Å². The molecular formula is C19H25N3O2. The molecule has 0 saturated carbocycles. The summed E-state index contributed by atoms with van der Waals surface area (Å²) in [7, 11) is 2.16. The number of carbonyl (C=O) groups excluding carboxylic acids is 1. The third-order valence-corrected chi connectivity index (χ3v) is 4.75. The maximum absolute atomic E-state index is 12.4. The Kier molecular flexibility index (Phi) is 5.64. The summed E-state index contributed by atoms with van der Waals surface area (Å²) in [6.45, 7) is 2.53. The fraction of sp³-hybridized carbons (Fsp3) is 0.474. The van der Waals surface area contributed by atoms with Gasteiger partial charge in [0, 0.05) is 31.9 Å². The minimum Gasteiger partial charge on any atom is -0.472 e.